The number of sulfonamides is 1. The van der Waals surface area contributed by atoms with Crippen molar-refractivity contribution in [1.82, 2.24) is 14.2 Å². The van der Waals surface area contributed by atoms with Crippen LogP contribution in [-0.2, 0) is 27.9 Å². The van der Waals surface area contributed by atoms with Gasteiger partial charge in [0.25, 0.3) is 0 Å². The van der Waals surface area contributed by atoms with Crippen LogP contribution in [0.1, 0.15) is 25.3 Å². The molecule has 2 heterocycles. The Morgan fingerprint density at radius 1 is 1.18 bits per heavy atom. The average Bonchev–Trinajstić information content (AvgIpc) is 3.16. The molecule has 1 aliphatic rings. The molecule has 1 aliphatic heterocycles. The SMILES string of the molecule is CCn1c(=O)sc2cc(S(=O)(=O)N3CCC(C(=O)NCc4ccccc4OC)CC3)ccc21. The molecular weight excluding hydrogens is 462 g/mol. The van der Waals surface area contributed by atoms with Crippen LogP contribution in [0, 0.1) is 5.92 Å². The topological polar surface area (TPSA) is 97.7 Å². The average molecular weight is 490 g/mol. The number of methoxy groups -OCH3 is 1. The molecule has 0 radical (unpaired) electrons. The fraction of sp³-hybridized carbons (Fsp3) is 0.391. The number of thiazole rings is 1. The zero-order valence-electron chi connectivity index (χ0n) is 18.6. The number of ether oxygens (including phenoxy) is 1. The van der Waals surface area contributed by atoms with Gasteiger partial charge in [0, 0.05) is 37.7 Å². The lowest BCUT2D eigenvalue weighted by molar-refractivity contribution is -0.126. The van der Waals surface area contributed by atoms with Gasteiger partial charge in [-0.15, -0.1) is 0 Å². The maximum atomic E-state index is 13.2. The first-order valence-electron chi connectivity index (χ1n) is 10.9. The number of amides is 1. The van der Waals surface area contributed by atoms with Crippen LogP contribution < -0.4 is 14.9 Å². The van der Waals surface area contributed by atoms with Gasteiger partial charge in [0.15, 0.2) is 0 Å². The first-order valence-corrected chi connectivity index (χ1v) is 13.1. The Bertz CT molecular complexity index is 1320. The van der Waals surface area contributed by atoms with E-state index >= 15 is 0 Å². The summed E-state index contributed by atoms with van der Waals surface area (Å²) in [6, 6.07) is 12.3. The van der Waals surface area contributed by atoms with E-state index in [1.54, 1.807) is 29.9 Å². The second-order valence-corrected chi connectivity index (χ2v) is 10.9. The van der Waals surface area contributed by atoms with E-state index in [0.717, 1.165) is 28.2 Å². The van der Waals surface area contributed by atoms with E-state index in [4.69, 9.17) is 4.74 Å². The molecule has 1 amide bonds. The number of aromatic nitrogens is 1. The van der Waals surface area contributed by atoms with Gasteiger partial charge in [-0.3, -0.25) is 14.2 Å². The molecule has 0 unspecified atom stereocenters. The lowest BCUT2D eigenvalue weighted by Gasteiger charge is -2.30. The fourth-order valence-corrected chi connectivity index (χ4v) is 6.76. The molecule has 176 valence electrons. The van der Waals surface area contributed by atoms with E-state index in [-0.39, 0.29) is 34.7 Å². The normalized spacial score (nSPS) is 15.6. The minimum Gasteiger partial charge on any atom is -0.496 e. The van der Waals surface area contributed by atoms with Crippen molar-refractivity contribution in [2.45, 2.75) is 37.8 Å². The number of nitrogens with one attached hydrogen (secondary N) is 1. The summed E-state index contributed by atoms with van der Waals surface area (Å²) in [5, 5.41) is 2.94. The van der Waals surface area contributed by atoms with Crippen molar-refractivity contribution in [3.63, 3.8) is 0 Å². The highest BCUT2D eigenvalue weighted by molar-refractivity contribution is 7.89. The molecule has 0 atom stereocenters. The van der Waals surface area contributed by atoms with Gasteiger partial charge >= 0.3 is 4.87 Å². The number of hydrogen-bond acceptors (Lipinski definition) is 6. The van der Waals surface area contributed by atoms with Crippen LogP contribution in [0.4, 0.5) is 0 Å². The maximum absolute atomic E-state index is 13.2. The van der Waals surface area contributed by atoms with E-state index in [9.17, 15) is 18.0 Å². The number of hydrogen-bond donors (Lipinski definition) is 1. The molecule has 0 spiro atoms. The zero-order valence-corrected chi connectivity index (χ0v) is 20.2. The van der Waals surface area contributed by atoms with Crippen LogP contribution in [0.2, 0.25) is 0 Å². The molecule has 10 heteroatoms. The van der Waals surface area contributed by atoms with Gasteiger partial charge in [0.2, 0.25) is 15.9 Å². The third-order valence-electron chi connectivity index (χ3n) is 6.06. The van der Waals surface area contributed by atoms with Crippen molar-refractivity contribution < 1.29 is 17.9 Å². The van der Waals surface area contributed by atoms with E-state index < -0.39 is 10.0 Å². The second kappa shape index (κ2) is 9.66. The minimum absolute atomic E-state index is 0.0787. The molecule has 1 N–H and O–H groups in total. The quantitative estimate of drug-likeness (QED) is 0.550. The zero-order chi connectivity index (χ0) is 23.6. The monoisotopic (exact) mass is 489 g/mol. The van der Waals surface area contributed by atoms with Crippen molar-refractivity contribution in [2.24, 2.45) is 5.92 Å². The number of benzene rings is 2. The van der Waals surface area contributed by atoms with Gasteiger partial charge in [-0.1, -0.05) is 29.5 Å². The van der Waals surface area contributed by atoms with Crippen molar-refractivity contribution in [1.29, 1.82) is 0 Å². The molecule has 1 saturated heterocycles. The van der Waals surface area contributed by atoms with Crippen molar-refractivity contribution in [2.75, 3.05) is 20.2 Å². The number of para-hydroxylation sites is 1. The van der Waals surface area contributed by atoms with Crippen LogP contribution in [0.15, 0.2) is 52.2 Å². The summed E-state index contributed by atoms with van der Waals surface area (Å²) in [6.07, 6.45) is 0.914. The Hall–Kier alpha value is -2.69. The first kappa shape index (κ1) is 23.5. The third-order valence-corrected chi connectivity index (χ3v) is 8.90. The summed E-state index contributed by atoms with van der Waals surface area (Å²) in [6.45, 7) is 3.34. The Labute approximate surface area is 196 Å². The summed E-state index contributed by atoms with van der Waals surface area (Å²) in [7, 11) is -2.11. The standard InChI is InChI=1S/C23H27N3O5S2/c1-3-26-19-9-8-18(14-21(19)32-23(26)28)33(29,30)25-12-10-16(11-13-25)22(27)24-15-17-6-4-5-7-20(17)31-2/h4-9,14,16H,3,10-13,15H2,1-2H3,(H,24,27). The van der Waals surface area contributed by atoms with E-state index in [2.05, 4.69) is 5.32 Å². The summed E-state index contributed by atoms with van der Waals surface area (Å²) in [4.78, 5) is 24.8. The Kier molecular flexibility index (Phi) is 6.87. The molecule has 1 aromatic heterocycles. The first-order chi connectivity index (χ1) is 15.8. The van der Waals surface area contributed by atoms with E-state index in [0.29, 0.717) is 30.6 Å². The molecule has 1 fully saturated rings. The predicted octanol–water partition coefficient (Wildman–Crippen LogP) is 2.81. The van der Waals surface area contributed by atoms with Gasteiger partial charge in [-0.05, 0) is 44.0 Å². The molecule has 33 heavy (non-hydrogen) atoms. The van der Waals surface area contributed by atoms with Crippen LogP contribution in [-0.4, -0.2) is 43.4 Å². The second-order valence-electron chi connectivity index (χ2n) is 7.95. The summed E-state index contributed by atoms with van der Waals surface area (Å²) >= 11 is 1.05. The molecule has 4 rings (SSSR count). The highest BCUT2D eigenvalue weighted by Crippen LogP contribution is 2.27. The number of aryl methyl sites for hydroxylation is 1. The highest BCUT2D eigenvalue weighted by atomic mass is 32.2. The number of carbonyl (C=O) groups is 1. The molecule has 0 bridgehead atoms. The van der Waals surface area contributed by atoms with E-state index in [1.807, 2.05) is 31.2 Å². The summed E-state index contributed by atoms with van der Waals surface area (Å²) < 4.78 is 35.4. The van der Waals surface area contributed by atoms with Gasteiger partial charge in [-0.25, -0.2) is 8.42 Å². The lowest BCUT2D eigenvalue weighted by atomic mass is 9.97. The Morgan fingerprint density at radius 3 is 2.61 bits per heavy atom. The third kappa shape index (κ3) is 4.68. The number of fused-ring (bicyclic) bond motifs is 1. The van der Waals surface area contributed by atoms with Crippen LogP contribution >= 0.6 is 11.3 Å². The molecule has 0 saturated carbocycles. The molecule has 3 aromatic rings. The van der Waals surface area contributed by atoms with Crippen LogP contribution in [0.3, 0.4) is 0 Å². The van der Waals surface area contributed by atoms with Crippen molar-refractivity contribution >= 4 is 37.5 Å². The largest absolute Gasteiger partial charge is 0.496 e. The number of rotatable bonds is 7. The van der Waals surface area contributed by atoms with Crippen molar-refractivity contribution in [3.8, 4) is 5.75 Å². The molecule has 0 aliphatic carbocycles. The Balaban J connectivity index is 1.40. The van der Waals surface area contributed by atoms with Crippen molar-refractivity contribution in [3.05, 3.63) is 57.7 Å². The van der Waals surface area contributed by atoms with E-state index in [1.165, 1.54) is 4.31 Å². The molecule has 2 aromatic carbocycles. The summed E-state index contributed by atoms with van der Waals surface area (Å²) in [5.41, 5.74) is 1.64. The summed E-state index contributed by atoms with van der Waals surface area (Å²) in [5.74, 6) is 0.400. The smallest absolute Gasteiger partial charge is 0.308 e. The molecular formula is C23H27N3O5S2. The number of carbonyl (C=O) groups excluding carboxylic acids is 1. The number of nitrogens with zero attached hydrogens (tertiary/aromatic N) is 2. The predicted molar refractivity (Wildman–Crippen MR) is 128 cm³/mol. The van der Waals surface area contributed by atoms with Crippen LogP contribution in [0.5, 0.6) is 5.75 Å². The van der Waals surface area contributed by atoms with Gasteiger partial charge in [0.1, 0.15) is 5.75 Å². The highest BCUT2D eigenvalue weighted by Gasteiger charge is 2.32. The fourth-order valence-electron chi connectivity index (χ4n) is 4.19. The van der Waals surface area contributed by atoms with Gasteiger partial charge in [-0.2, -0.15) is 4.31 Å². The van der Waals surface area contributed by atoms with Gasteiger partial charge < -0.3 is 10.1 Å². The Morgan fingerprint density at radius 2 is 1.91 bits per heavy atom. The molecule has 8 nitrogen and oxygen atoms in total. The van der Waals surface area contributed by atoms with Gasteiger partial charge in [0.05, 0.1) is 22.2 Å². The van der Waals surface area contributed by atoms with Crippen LogP contribution in [0.25, 0.3) is 10.2 Å². The minimum atomic E-state index is -3.70. The maximum Gasteiger partial charge on any atom is 0.308 e. The lowest BCUT2D eigenvalue weighted by Crippen LogP contribution is -2.42. The number of piperidine rings is 1.